The maximum atomic E-state index is 15.2. The summed E-state index contributed by atoms with van der Waals surface area (Å²) in [6, 6.07) is 18.9. The highest BCUT2D eigenvalue weighted by molar-refractivity contribution is 5.92. The van der Waals surface area contributed by atoms with Crippen LogP contribution in [0.25, 0.3) is 0 Å². The Balaban J connectivity index is 1.27. The summed E-state index contributed by atoms with van der Waals surface area (Å²) < 4.78 is 35.9. The molecule has 0 aromatic heterocycles. The number of nitrogens with zero attached hydrogens (tertiary/aromatic N) is 2. The van der Waals surface area contributed by atoms with Crippen LogP contribution in [0.1, 0.15) is 91.8 Å². The SMILES string of the molecule is CCO[C@@H]1OC(C(=O)N2CCc3cc(OC)c(OC)cc3[C@H]2C[C@H]2C[C@H]3c4cc(OC)c(OC)cc4CCN3C[C@@H]2CC)=C[C@H](c2ccccc2)[C@@H]1CCCO. The van der Waals surface area contributed by atoms with Gasteiger partial charge in [-0.05, 0) is 115 Å². The van der Waals surface area contributed by atoms with Crippen LogP contribution < -0.4 is 18.9 Å². The minimum absolute atomic E-state index is 0.0527. The van der Waals surface area contributed by atoms with Crippen LogP contribution in [0.4, 0.5) is 0 Å². The Morgan fingerprint density at radius 2 is 1.48 bits per heavy atom. The predicted octanol–water partition coefficient (Wildman–Crippen LogP) is 7.63. The Hall–Kier alpha value is -4.25. The van der Waals surface area contributed by atoms with Crippen LogP contribution in [0.5, 0.6) is 23.0 Å². The number of fused-ring (bicyclic) bond motifs is 4. The van der Waals surface area contributed by atoms with Gasteiger partial charge in [0.05, 0.1) is 34.5 Å². The summed E-state index contributed by atoms with van der Waals surface area (Å²) in [6.45, 7) is 7.37. The van der Waals surface area contributed by atoms with Crippen molar-refractivity contribution in [2.75, 3.05) is 61.3 Å². The number of hydrogen-bond donors (Lipinski definition) is 1. The van der Waals surface area contributed by atoms with E-state index in [-0.39, 0.29) is 36.4 Å². The third kappa shape index (κ3) is 7.85. The van der Waals surface area contributed by atoms with Gasteiger partial charge in [0, 0.05) is 50.7 Å². The molecule has 1 fully saturated rings. The van der Waals surface area contributed by atoms with Crippen LogP contribution in [0.15, 0.2) is 66.4 Å². The van der Waals surface area contributed by atoms with E-state index in [2.05, 4.69) is 53.1 Å². The molecule has 1 N–H and O–H groups in total. The van der Waals surface area contributed by atoms with Gasteiger partial charge in [-0.3, -0.25) is 9.69 Å². The summed E-state index contributed by atoms with van der Waals surface area (Å²) in [4.78, 5) is 19.9. The van der Waals surface area contributed by atoms with Gasteiger partial charge in [-0.25, -0.2) is 0 Å². The summed E-state index contributed by atoms with van der Waals surface area (Å²) in [7, 11) is 6.75. The Morgan fingerprint density at radius 3 is 2.12 bits per heavy atom. The van der Waals surface area contributed by atoms with Gasteiger partial charge in [0.2, 0.25) is 6.29 Å². The fourth-order valence-electron chi connectivity index (χ4n) is 10.0. The lowest BCUT2D eigenvalue weighted by Gasteiger charge is -2.49. The van der Waals surface area contributed by atoms with E-state index < -0.39 is 6.29 Å². The van der Waals surface area contributed by atoms with Crippen molar-refractivity contribution in [2.45, 2.75) is 83.1 Å². The van der Waals surface area contributed by atoms with E-state index in [1.807, 2.05) is 31.2 Å². The second-order valence-corrected chi connectivity index (χ2v) is 15.7. The fraction of sp³-hybridized carbons (Fsp3) is 0.543. The van der Waals surface area contributed by atoms with Crippen LogP contribution in [0, 0.1) is 17.8 Å². The summed E-state index contributed by atoms with van der Waals surface area (Å²) >= 11 is 0. The largest absolute Gasteiger partial charge is 0.493 e. The molecule has 0 saturated carbocycles. The molecule has 56 heavy (non-hydrogen) atoms. The Labute approximate surface area is 332 Å². The molecule has 1 saturated heterocycles. The first-order valence-electron chi connectivity index (χ1n) is 20.6. The van der Waals surface area contributed by atoms with E-state index in [9.17, 15) is 5.11 Å². The first-order chi connectivity index (χ1) is 27.3. The topological polar surface area (TPSA) is 99.2 Å². The van der Waals surface area contributed by atoms with Gasteiger partial charge in [0.15, 0.2) is 28.8 Å². The number of carbonyl (C=O) groups excluding carboxylic acids is 1. The van der Waals surface area contributed by atoms with Gasteiger partial charge in [-0.15, -0.1) is 0 Å². The first-order valence-corrected chi connectivity index (χ1v) is 20.6. The molecule has 4 aliphatic heterocycles. The molecule has 4 aliphatic rings. The number of aliphatic hydroxyl groups excluding tert-OH is 1. The summed E-state index contributed by atoms with van der Waals surface area (Å²) in [5, 5.41) is 9.80. The third-order valence-electron chi connectivity index (χ3n) is 12.9. The van der Waals surface area contributed by atoms with Crippen molar-refractivity contribution in [3.8, 4) is 23.0 Å². The molecule has 0 radical (unpaired) electrons. The Kier molecular flexibility index (Phi) is 12.8. The minimum Gasteiger partial charge on any atom is -0.493 e. The standard InChI is InChI=1S/C46H60N2O8/c1-7-29-28-47-18-16-31-23-40(51-3)42(53-5)26-36(31)38(47)21-33(29)22-39-37-27-43(54-6)41(52-4)24-32(37)17-19-48(39)45(50)44-25-35(30-13-10-9-11-14-30)34(15-12-20-49)46(56-44)55-8-2/h9-11,13-14,23-27,29,33-35,38-39,46,49H,7-8,12,15-22,28H2,1-6H3/t29-,33+,34-,35+,38-,39+,46+/m0/s1. The molecule has 0 bridgehead atoms. The molecule has 0 aliphatic carbocycles. The molecule has 302 valence electrons. The van der Waals surface area contributed by atoms with Crippen molar-refractivity contribution in [3.05, 3.63) is 94.2 Å². The van der Waals surface area contributed by atoms with Gasteiger partial charge in [0.1, 0.15) is 0 Å². The zero-order valence-corrected chi connectivity index (χ0v) is 34.0. The van der Waals surface area contributed by atoms with E-state index in [1.54, 1.807) is 28.4 Å². The molecule has 10 nitrogen and oxygen atoms in total. The fourth-order valence-corrected chi connectivity index (χ4v) is 10.0. The van der Waals surface area contributed by atoms with Gasteiger partial charge in [-0.1, -0.05) is 43.7 Å². The number of carbonyl (C=O) groups is 1. The highest BCUT2D eigenvalue weighted by Crippen LogP contribution is 2.50. The minimum atomic E-state index is -0.614. The van der Waals surface area contributed by atoms with Gasteiger partial charge in [0.25, 0.3) is 5.91 Å². The molecule has 3 aromatic carbocycles. The summed E-state index contributed by atoms with van der Waals surface area (Å²) in [5.41, 5.74) is 6.03. The van der Waals surface area contributed by atoms with Gasteiger partial charge < -0.3 is 38.4 Å². The lowest BCUT2D eigenvalue weighted by molar-refractivity contribution is -0.171. The molecule has 10 heteroatoms. The van der Waals surface area contributed by atoms with E-state index >= 15 is 4.79 Å². The summed E-state index contributed by atoms with van der Waals surface area (Å²) in [5.74, 6) is 3.76. The average Bonchev–Trinajstić information content (AvgIpc) is 3.24. The number of piperidine rings is 1. The van der Waals surface area contributed by atoms with Crippen molar-refractivity contribution in [1.82, 2.24) is 9.80 Å². The van der Waals surface area contributed by atoms with E-state index in [4.69, 9.17) is 28.4 Å². The van der Waals surface area contributed by atoms with Crippen LogP contribution in [-0.2, 0) is 27.1 Å². The number of rotatable bonds is 14. The zero-order chi connectivity index (χ0) is 39.3. The quantitative estimate of drug-likeness (QED) is 0.178. The van der Waals surface area contributed by atoms with Crippen LogP contribution in [0.3, 0.4) is 0 Å². The number of ether oxygens (including phenoxy) is 6. The highest BCUT2D eigenvalue weighted by atomic mass is 16.7. The van der Waals surface area contributed by atoms with Gasteiger partial charge >= 0.3 is 0 Å². The summed E-state index contributed by atoms with van der Waals surface area (Å²) in [6.07, 6.45) is 7.26. The maximum absolute atomic E-state index is 15.2. The number of amides is 1. The molecule has 7 rings (SSSR count). The zero-order valence-electron chi connectivity index (χ0n) is 34.0. The Bertz CT molecular complexity index is 1850. The smallest absolute Gasteiger partial charge is 0.289 e. The second kappa shape index (κ2) is 17.9. The lowest BCUT2D eigenvalue weighted by Crippen LogP contribution is -2.48. The molecule has 0 spiro atoms. The maximum Gasteiger partial charge on any atom is 0.289 e. The van der Waals surface area contributed by atoms with Crippen LogP contribution in [0.2, 0.25) is 0 Å². The van der Waals surface area contributed by atoms with Crippen molar-refractivity contribution in [3.63, 3.8) is 0 Å². The highest BCUT2D eigenvalue weighted by Gasteiger charge is 2.44. The molecule has 1 amide bonds. The van der Waals surface area contributed by atoms with Crippen LogP contribution >= 0.6 is 0 Å². The number of aliphatic hydroxyl groups is 1. The molecule has 0 unspecified atom stereocenters. The van der Waals surface area contributed by atoms with E-state index in [0.717, 1.165) is 61.4 Å². The normalized spacial score (nSPS) is 25.9. The molecule has 3 aromatic rings. The van der Waals surface area contributed by atoms with Crippen LogP contribution in [-0.4, -0.2) is 88.4 Å². The van der Waals surface area contributed by atoms with E-state index in [0.29, 0.717) is 61.5 Å². The molecular formula is C46H60N2O8. The van der Waals surface area contributed by atoms with E-state index in [1.165, 1.54) is 16.7 Å². The predicted molar refractivity (Wildman–Crippen MR) is 215 cm³/mol. The van der Waals surface area contributed by atoms with Crippen molar-refractivity contribution < 1.29 is 38.3 Å². The molecule has 7 atom stereocenters. The van der Waals surface area contributed by atoms with Crippen molar-refractivity contribution >= 4 is 5.91 Å². The number of hydrogen-bond acceptors (Lipinski definition) is 9. The monoisotopic (exact) mass is 768 g/mol. The molecular weight excluding hydrogens is 709 g/mol. The van der Waals surface area contributed by atoms with Crippen molar-refractivity contribution in [2.24, 2.45) is 17.8 Å². The van der Waals surface area contributed by atoms with Crippen molar-refractivity contribution in [1.29, 1.82) is 0 Å². The average molecular weight is 769 g/mol. The molecule has 4 heterocycles. The van der Waals surface area contributed by atoms with Gasteiger partial charge in [-0.2, -0.15) is 0 Å². The second-order valence-electron chi connectivity index (χ2n) is 15.7. The Morgan fingerprint density at radius 1 is 0.839 bits per heavy atom. The number of benzene rings is 3. The first kappa shape index (κ1) is 40.0. The third-order valence-corrected chi connectivity index (χ3v) is 12.9. The lowest BCUT2D eigenvalue weighted by atomic mass is 9.72. The number of allylic oxidation sites excluding steroid dienone is 1. The number of methoxy groups -OCH3 is 4.